The fraction of sp³-hybridized carbons (Fsp3) is 0.188. The van der Waals surface area contributed by atoms with E-state index in [0.29, 0.717) is 5.69 Å². The molecule has 0 bridgehead atoms. The quantitative estimate of drug-likeness (QED) is 0.907. The molecule has 0 radical (unpaired) electrons. The third kappa shape index (κ3) is 3.58. The Morgan fingerprint density at radius 2 is 1.95 bits per heavy atom. The van der Waals surface area contributed by atoms with Crippen molar-refractivity contribution in [3.8, 4) is 0 Å². The van der Waals surface area contributed by atoms with E-state index in [1.807, 2.05) is 19.1 Å². The third-order valence-corrected chi connectivity index (χ3v) is 3.18. The average Bonchev–Trinajstić information content (AvgIpc) is 2.47. The minimum atomic E-state index is -0.445. The number of hydrogen-bond acceptors (Lipinski definition) is 2. The van der Waals surface area contributed by atoms with Crippen molar-refractivity contribution < 1.29 is 9.18 Å². The predicted molar refractivity (Wildman–Crippen MR) is 82.9 cm³/mol. The molecule has 3 N–H and O–H groups in total. The summed E-state index contributed by atoms with van der Waals surface area (Å²) in [7, 11) is 1.52. The lowest BCUT2D eigenvalue weighted by Gasteiger charge is -2.19. The number of rotatable bonds is 3. The van der Waals surface area contributed by atoms with Crippen LogP contribution in [0.25, 0.3) is 0 Å². The number of amides is 2. The van der Waals surface area contributed by atoms with E-state index < -0.39 is 11.8 Å². The van der Waals surface area contributed by atoms with Crippen molar-refractivity contribution in [1.29, 1.82) is 0 Å². The van der Waals surface area contributed by atoms with Gasteiger partial charge < -0.3 is 11.1 Å². The van der Waals surface area contributed by atoms with E-state index in [1.165, 1.54) is 18.0 Å². The van der Waals surface area contributed by atoms with Crippen LogP contribution in [0.15, 0.2) is 48.5 Å². The van der Waals surface area contributed by atoms with Gasteiger partial charge in [-0.15, -0.1) is 0 Å². The number of nitrogens with one attached hydrogen (secondary N) is 1. The second-order valence-electron chi connectivity index (χ2n) is 4.85. The molecule has 1 atom stereocenters. The highest BCUT2D eigenvalue weighted by molar-refractivity contribution is 6.01. The molecule has 0 heterocycles. The lowest BCUT2D eigenvalue weighted by Crippen LogP contribution is -2.31. The van der Waals surface area contributed by atoms with Crippen molar-refractivity contribution >= 4 is 17.4 Å². The van der Waals surface area contributed by atoms with Crippen LogP contribution in [0.5, 0.6) is 0 Å². The highest BCUT2D eigenvalue weighted by Crippen LogP contribution is 2.20. The number of nitrogens with two attached hydrogens (primary N) is 1. The summed E-state index contributed by atoms with van der Waals surface area (Å²) in [5.41, 5.74) is 7.57. The summed E-state index contributed by atoms with van der Waals surface area (Å²) in [5, 5.41) is 2.73. The van der Waals surface area contributed by atoms with Crippen molar-refractivity contribution in [1.82, 2.24) is 0 Å². The first-order valence-electron chi connectivity index (χ1n) is 6.64. The van der Waals surface area contributed by atoms with Crippen molar-refractivity contribution in [2.75, 3.05) is 17.3 Å². The maximum Gasteiger partial charge on any atom is 0.326 e. The Morgan fingerprint density at radius 1 is 1.24 bits per heavy atom. The Bertz CT molecular complexity index is 643. The van der Waals surface area contributed by atoms with Crippen LogP contribution < -0.4 is 16.0 Å². The zero-order valence-corrected chi connectivity index (χ0v) is 12.0. The molecular formula is C16H18FN3O. The second kappa shape index (κ2) is 6.37. The molecule has 0 aliphatic heterocycles. The van der Waals surface area contributed by atoms with Crippen LogP contribution in [0, 0.1) is 5.82 Å². The average molecular weight is 287 g/mol. The Morgan fingerprint density at radius 3 is 2.62 bits per heavy atom. The molecule has 0 spiro atoms. The molecule has 0 aromatic heterocycles. The summed E-state index contributed by atoms with van der Waals surface area (Å²) >= 11 is 0. The van der Waals surface area contributed by atoms with Crippen molar-refractivity contribution in [2.24, 2.45) is 5.73 Å². The van der Waals surface area contributed by atoms with E-state index in [1.54, 1.807) is 30.3 Å². The summed E-state index contributed by atoms with van der Waals surface area (Å²) in [6.07, 6.45) is 0. The normalized spacial score (nSPS) is 11.8. The number of benzene rings is 2. The number of halogens is 1. The standard InChI is InChI=1S/C16H18FN3O/c1-11(18)12-6-5-7-13(10-12)19-16(21)20(2)15-9-4-3-8-14(15)17/h3-11H,18H2,1-2H3,(H,19,21). The molecule has 2 aromatic rings. The van der Waals surface area contributed by atoms with Gasteiger partial charge in [0.15, 0.2) is 0 Å². The zero-order valence-electron chi connectivity index (χ0n) is 12.0. The van der Waals surface area contributed by atoms with Crippen LogP contribution in [-0.4, -0.2) is 13.1 Å². The molecule has 0 aliphatic carbocycles. The molecule has 0 saturated heterocycles. The summed E-state index contributed by atoms with van der Waals surface area (Å²) < 4.78 is 13.7. The number of carbonyl (C=O) groups excluding carboxylic acids is 1. The molecular weight excluding hydrogens is 269 g/mol. The Kier molecular flexibility index (Phi) is 4.55. The van der Waals surface area contributed by atoms with Gasteiger partial charge in [0, 0.05) is 18.8 Å². The van der Waals surface area contributed by atoms with Gasteiger partial charge in [0.1, 0.15) is 5.82 Å². The first-order valence-corrected chi connectivity index (χ1v) is 6.64. The smallest absolute Gasteiger partial charge is 0.324 e. The highest BCUT2D eigenvalue weighted by Gasteiger charge is 2.14. The maximum atomic E-state index is 13.7. The summed E-state index contributed by atoms with van der Waals surface area (Å²) in [4.78, 5) is 13.4. The van der Waals surface area contributed by atoms with Gasteiger partial charge >= 0.3 is 6.03 Å². The van der Waals surface area contributed by atoms with Gasteiger partial charge in [-0.2, -0.15) is 0 Å². The number of carbonyl (C=O) groups is 1. The van der Waals surface area contributed by atoms with Gasteiger partial charge in [0.05, 0.1) is 5.69 Å². The monoisotopic (exact) mass is 287 g/mol. The SMILES string of the molecule is CC(N)c1cccc(NC(=O)N(C)c2ccccc2F)c1. The molecule has 0 fully saturated rings. The van der Waals surface area contributed by atoms with Crippen LogP contribution in [-0.2, 0) is 0 Å². The fourth-order valence-electron chi connectivity index (χ4n) is 1.94. The molecule has 2 amide bonds. The molecule has 5 heteroatoms. The molecule has 21 heavy (non-hydrogen) atoms. The zero-order chi connectivity index (χ0) is 15.4. The molecule has 0 saturated carbocycles. The van der Waals surface area contributed by atoms with Crippen LogP contribution in [0.4, 0.5) is 20.6 Å². The Balaban J connectivity index is 2.14. The van der Waals surface area contributed by atoms with Crippen LogP contribution in [0.3, 0.4) is 0 Å². The number of hydrogen-bond donors (Lipinski definition) is 2. The van der Waals surface area contributed by atoms with Gasteiger partial charge in [-0.05, 0) is 36.8 Å². The van der Waals surface area contributed by atoms with Crippen LogP contribution in [0.1, 0.15) is 18.5 Å². The summed E-state index contributed by atoms with van der Waals surface area (Å²) in [6, 6.07) is 12.9. The Labute approximate surface area is 123 Å². The fourth-order valence-corrected chi connectivity index (χ4v) is 1.94. The molecule has 4 nitrogen and oxygen atoms in total. The van der Waals surface area contributed by atoms with Gasteiger partial charge in [0.2, 0.25) is 0 Å². The van der Waals surface area contributed by atoms with Gasteiger partial charge in [-0.1, -0.05) is 24.3 Å². The predicted octanol–water partition coefficient (Wildman–Crippen LogP) is 3.51. The summed E-state index contributed by atoms with van der Waals surface area (Å²) in [6.45, 7) is 1.87. The van der Waals surface area contributed by atoms with E-state index in [-0.39, 0.29) is 11.7 Å². The van der Waals surface area contributed by atoms with Crippen LogP contribution >= 0.6 is 0 Å². The molecule has 2 aromatic carbocycles. The van der Waals surface area contributed by atoms with E-state index in [2.05, 4.69) is 5.32 Å². The van der Waals surface area contributed by atoms with Crippen molar-refractivity contribution in [2.45, 2.75) is 13.0 Å². The first-order chi connectivity index (χ1) is 9.99. The Hall–Kier alpha value is -2.40. The third-order valence-electron chi connectivity index (χ3n) is 3.18. The summed E-state index contributed by atoms with van der Waals surface area (Å²) in [5.74, 6) is -0.445. The minimum Gasteiger partial charge on any atom is -0.324 e. The molecule has 1 unspecified atom stereocenters. The maximum absolute atomic E-state index is 13.7. The molecule has 0 aliphatic rings. The highest BCUT2D eigenvalue weighted by atomic mass is 19.1. The number of para-hydroxylation sites is 1. The lowest BCUT2D eigenvalue weighted by atomic mass is 10.1. The van der Waals surface area contributed by atoms with Crippen molar-refractivity contribution in [3.63, 3.8) is 0 Å². The van der Waals surface area contributed by atoms with Crippen molar-refractivity contribution in [3.05, 3.63) is 59.9 Å². The minimum absolute atomic E-state index is 0.119. The van der Waals surface area contributed by atoms with Gasteiger partial charge in [0.25, 0.3) is 0 Å². The lowest BCUT2D eigenvalue weighted by molar-refractivity contribution is 0.258. The van der Waals surface area contributed by atoms with E-state index in [4.69, 9.17) is 5.73 Å². The van der Waals surface area contributed by atoms with E-state index >= 15 is 0 Å². The number of nitrogens with zero attached hydrogens (tertiary/aromatic N) is 1. The molecule has 110 valence electrons. The van der Waals surface area contributed by atoms with Crippen LogP contribution in [0.2, 0.25) is 0 Å². The topological polar surface area (TPSA) is 58.4 Å². The van der Waals surface area contributed by atoms with E-state index in [9.17, 15) is 9.18 Å². The second-order valence-corrected chi connectivity index (χ2v) is 4.85. The molecule has 2 rings (SSSR count). The number of anilines is 2. The number of urea groups is 1. The van der Waals surface area contributed by atoms with Gasteiger partial charge in [-0.3, -0.25) is 4.90 Å². The largest absolute Gasteiger partial charge is 0.326 e. The van der Waals surface area contributed by atoms with Gasteiger partial charge in [-0.25, -0.2) is 9.18 Å². The van der Waals surface area contributed by atoms with E-state index in [0.717, 1.165) is 5.56 Å². The first kappa shape index (κ1) is 15.0.